The number of H-pyrrole nitrogens is 1. The Morgan fingerprint density at radius 1 is 1.09 bits per heavy atom. The maximum atomic E-state index is 13.2. The Balaban J connectivity index is 1.12. The summed E-state index contributed by atoms with van der Waals surface area (Å²) in [5.41, 5.74) is 5.98. The number of ether oxygens (including phenoxy) is 1. The molecular formula is C28H27N5O2. The minimum absolute atomic E-state index is 0.0529. The van der Waals surface area contributed by atoms with Crippen LogP contribution in [0.3, 0.4) is 0 Å². The van der Waals surface area contributed by atoms with Gasteiger partial charge in [0.1, 0.15) is 0 Å². The molecule has 2 aromatic heterocycles. The average molecular weight is 466 g/mol. The van der Waals surface area contributed by atoms with Crippen LogP contribution in [-0.2, 0) is 4.74 Å². The van der Waals surface area contributed by atoms with Gasteiger partial charge in [0, 0.05) is 41.5 Å². The summed E-state index contributed by atoms with van der Waals surface area (Å²) in [5.74, 6) is 0.377. The molecule has 1 saturated carbocycles. The van der Waals surface area contributed by atoms with E-state index in [1.54, 1.807) is 6.20 Å². The number of aromatic nitrogens is 3. The van der Waals surface area contributed by atoms with Gasteiger partial charge in [-0.3, -0.25) is 14.9 Å². The number of rotatable bonds is 6. The van der Waals surface area contributed by atoms with Crippen molar-refractivity contribution in [3.05, 3.63) is 78.1 Å². The molecule has 1 spiro atoms. The van der Waals surface area contributed by atoms with Crippen molar-refractivity contribution in [2.24, 2.45) is 11.3 Å². The monoisotopic (exact) mass is 465 g/mol. The van der Waals surface area contributed by atoms with Crippen molar-refractivity contribution in [1.82, 2.24) is 20.5 Å². The van der Waals surface area contributed by atoms with E-state index >= 15 is 0 Å². The number of fused-ring (bicyclic) bond motifs is 1. The van der Waals surface area contributed by atoms with Crippen LogP contribution in [0.5, 0.6) is 0 Å². The lowest BCUT2D eigenvalue weighted by atomic mass is 9.78. The van der Waals surface area contributed by atoms with Crippen molar-refractivity contribution in [3.8, 4) is 11.3 Å². The van der Waals surface area contributed by atoms with E-state index in [9.17, 15) is 4.79 Å². The highest BCUT2D eigenvalue weighted by atomic mass is 16.5. The van der Waals surface area contributed by atoms with Crippen LogP contribution in [0, 0.1) is 11.3 Å². The second kappa shape index (κ2) is 7.92. The minimum atomic E-state index is -0.0800. The van der Waals surface area contributed by atoms with Crippen LogP contribution >= 0.6 is 0 Å². The molecule has 0 radical (unpaired) electrons. The molecule has 2 aliphatic heterocycles. The fraction of sp³-hybridized carbons (Fsp3) is 0.321. The maximum absolute atomic E-state index is 13.2. The molecule has 7 heteroatoms. The molecule has 176 valence electrons. The molecular weight excluding hydrogens is 438 g/mol. The summed E-state index contributed by atoms with van der Waals surface area (Å²) in [6.45, 7) is 3.91. The molecule has 1 atom stereocenters. The summed E-state index contributed by atoms with van der Waals surface area (Å²) in [4.78, 5) is 20.1. The molecule has 7 rings (SSSR count). The number of nitrogens with zero attached hydrogens (tertiary/aromatic N) is 3. The number of anilines is 1. The number of carbonyl (C=O) groups excluding carboxylic acids is 1. The number of pyridine rings is 1. The number of aromatic amines is 1. The Labute approximate surface area is 203 Å². The highest BCUT2D eigenvalue weighted by Crippen LogP contribution is 2.41. The smallest absolute Gasteiger partial charge is 0.251 e. The number of amides is 1. The largest absolute Gasteiger partial charge is 0.380 e. The Kier molecular flexibility index (Phi) is 4.67. The number of hydrogen-bond donors (Lipinski definition) is 2. The van der Waals surface area contributed by atoms with Crippen molar-refractivity contribution in [1.29, 1.82) is 0 Å². The summed E-state index contributed by atoms with van der Waals surface area (Å²) in [5, 5.41) is 11.9. The van der Waals surface area contributed by atoms with E-state index in [2.05, 4.69) is 49.7 Å². The molecule has 2 aromatic carbocycles. The quantitative estimate of drug-likeness (QED) is 0.443. The molecule has 35 heavy (non-hydrogen) atoms. The van der Waals surface area contributed by atoms with E-state index < -0.39 is 0 Å². The standard InChI is InChI=1S/C28H27N5O2/c34-27(30-26(19-4-5-19)24-3-1-2-12-29-24)20-8-11-23-22(13-20)25(32-31-23)18-6-9-21(10-7-18)33-14-28(15-33)16-35-17-28/h1-3,6-13,19,26H,4-5,14-17H2,(H,30,34)(H,31,32)/t26-/m0/s1. The summed E-state index contributed by atoms with van der Waals surface area (Å²) in [7, 11) is 0. The van der Waals surface area contributed by atoms with Crippen molar-refractivity contribution in [2.75, 3.05) is 31.2 Å². The average Bonchev–Trinajstić information content (AvgIpc) is 3.60. The molecule has 0 bridgehead atoms. The summed E-state index contributed by atoms with van der Waals surface area (Å²) >= 11 is 0. The fourth-order valence-electron chi connectivity index (χ4n) is 5.37. The maximum Gasteiger partial charge on any atom is 0.251 e. The number of nitrogens with one attached hydrogen (secondary N) is 2. The Morgan fingerprint density at radius 2 is 1.91 bits per heavy atom. The lowest BCUT2D eigenvalue weighted by molar-refractivity contribution is -0.127. The Bertz CT molecular complexity index is 1380. The Hall–Kier alpha value is -3.71. The third-order valence-corrected chi connectivity index (χ3v) is 7.59. The van der Waals surface area contributed by atoms with Gasteiger partial charge >= 0.3 is 0 Å². The minimum Gasteiger partial charge on any atom is -0.380 e. The topological polar surface area (TPSA) is 83.1 Å². The predicted molar refractivity (Wildman–Crippen MR) is 134 cm³/mol. The zero-order valence-electron chi connectivity index (χ0n) is 19.4. The molecule has 4 heterocycles. The molecule has 3 aliphatic rings. The van der Waals surface area contributed by atoms with Crippen molar-refractivity contribution in [2.45, 2.75) is 18.9 Å². The molecule has 2 saturated heterocycles. The van der Waals surface area contributed by atoms with Gasteiger partial charge in [-0.05, 0) is 61.2 Å². The summed E-state index contributed by atoms with van der Waals surface area (Å²) in [6, 6.07) is 20.1. The van der Waals surface area contributed by atoms with Gasteiger partial charge in [-0.2, -0.15) is 5.10 Å². The first-order chi connectivity index (χ1) is 17.2. The van der Waals surface area contributed by atoms with Gasteiger partial charge in [0.2, 0.25) is 0 Å². The Morgan fingerprint density at radius 3 is 2.60 bits per heavy atom. The molecule has 4 aromatic rings. The first-order valence-electron chi connectivity index (χ1n) is 12.3. The van der Waals surface area contributed by atoms with Crippen LogP contribution in [0.15, 0.2) is 66.9 Å². The fourth-order valence-corrected chi connectivity index (χ4v) is 5.37. The van der Waals surface area contributed by atoms with E-state index in [0.717, 1.165) is 67.0 Å². The lowest BCUT2D eigenvalue weighted by Crippen LogP contribution is -2.66. The van der Waals surface area contributed by atoms with Crippen molar-refractivity contribution < 1.29 is 9.53 Å². The van der Waals surface area contributed by atoms with Crippen molar-refractivity contribution in [3.63, 3.8) is 0 Å². The third-order valence-electron chi connectivity index (χ3n) is 7.59. The highest BCUT2D eigenvalue weighted by molar-refractivity contribution is 6.01. The van der Waals surface area contributed by atoms with Crippen LogP contribution in [0.2, 0.25) is 0 Å². The zero-order chi connectivity index (χ0) is 23.4. The molecule has 1 aliphatic carbocycles. The summed E-state index contributed by atoms with van der Waals surface area (Å²) < 4.78 is 5.39. The zero-order valence-corrected chi connectivity index (χ0v) is 19.4. The van der Waals surface area contributed by atoms with E-state index in [0.29, 0.717) is 16.9 Å². The number of carbonyl (C=O) groups is 1. The van der Waals surface area contributed by atoms with Crippen LogP contribution in [0.4, 0.5) is 5.69 Å². The third kappa shape index (κ3) is 3.67. The van der Waals surface area contributed by atoms with Crippen LogP contribution in [0.1, 0.15) is 34.9 Å². The molecule has 3 fully saturated rings. The number of hydrogen-bond acceptors (Lipinski definition) is 5. The lowest BCUT2D eigenvalue weighted by Gasteiger charge is -2.56. The van der Waals surface area contributed by atoms with Gasteiger partial charge in [-0.25, -0.2) is 0 Å². The van der Waals surface area contributed by atoms with Crippen LogP contribution < -0.4 is 10.2 Å². The van der Waals surface area contributed by atoms with Gasteiger partial charge in [-0.1, -0.05) is 18.2 Å². The van der Waals surface area contributed by atoms with E-state index in [1.807, 2.05) is 36.4 Å². The normalized spacial score (nSPS) is 19.3. The van der Waals surface area contributed by atoms with Gasteiger partial charge < -0.3 is 15.0 Å². The first kappa shape index (κ1) is 20.6. The number of benzene rings is 2. The molecule has 7 nitrogen and oxygen atoms in total. The molecule has 1 amide bonds. The van der Waals surface area contributed by atoms with E-state index in [-0.39, 0.29) is 11.9 Å². The van der Waals surface area contributed by atoms with Gasteiger partial charge in [-0.15, -0.1) is 0 Å². The van der Waals surface area contributed by atoms with Gasteiger partial charge in [0.15, 0.2) is 0 Å². The first-order valence-corrected chi connectivity index (χ1v) is 12.3. The second-order valence-electron chi connectivity index (χ2n) is 10.3. The SMILES string of the molecule is O=C(N[C@H](c1ccccn1)C1CC1)c1ccc2[nH]nc(-c3ccc(N4CC5(COC5)C4)cc3)c2c1. The van der Waals surface area contributed by atoms with Crippen LogP contribution in [0.25, 0.3) is 22.2 Å². The van der Waals surface area contributed by atoms with Gasteiger partial charge in [0.25, 0.3) is 5.91 Å². The van der Waals surface area contributed by atoms with Crippen molar-refractivity contribution >= 4 is 22.5 Å². The van der Waals surface area contributed by atoms with E-state index in [1.165, 1.54) is 5.69 Å². The molecule has 2 N–H and O–H groups in total. The molecule has 0 unspecified atom stereocenters. The second-order valence-corrected chi connectivity index (χ2v) is 10.3. The summed E-state index contributed by atoms with van der Waals surface area (Å²) in [6.07, 6.45) is 4.02. The van der Waals surface area contributed by atoms with Crippen LogP contribution in [-0.4, -0.2) is 47.4 Å². The predicted octanol–water partition coefficient (Wildman–Crippen LogP) is 4.34. The van der Waals surface area contributed by atoms with E-state index in [4.69, 9.17) is 4.74 Å². The van der Waals surface area contributed by atoms with Gasteiger partial charge in [0.05, 0.1) is 41.6 Å². The highest BCUT2D eigenvalue weighted by Gasteiger charge is 2.49.